The van der Waals surface area contributed by atoms with Crippen LogP contribution in [0.25, 0.3) is 0 Å². The van der Waals surface area contributed by atoms with Crippen LogP contribution in [0.1, 0.15) is 0 Å². The second-order valence-electron chi connectivity index (χ2n) is 0.513. The third-order valence-electron chi connectivity index (χ3n) is 0. The summed E-state index contributed by atoms with van der Waals surface area (Å²) in [5.74, 6) is 0. The Balaban J connectivity index is -0.0000000133. The summed E-state index contributed by atoms with van der Waals surface area (Å²) >= 11 is 0. The van der Waals surface area contributed by atoms with E-state index in [1.165, 1.54) is 0 Å². The van der Waals surface area contributed by atoms with Crippen molar-refractivity contribution in [3.8, 4) is 0 Å². The Hall–Kier alpha value is 2.10. The molecule has 3 N–H and O–H groups in total. The fourth-order valence-electron chi connectivity index (χ4n) is 0. The van der Waals surface area contributed by atoms with Crippen molar-refractivity contribution in [1.29, 1.82) is 0 Å². The fourth-order valence-corrected chi connectivity index (χ4v) is 0. The molecule has 0 saturated carbocycles. The van der Waals surface area contributed by atoms with E-state index >= 15 is 0 Å². The van der Waals surface area contributed by atoms with Crippen molar-refractivity contribution < 1.29 is 53.4 Å². The van der Waals surface area contributed by atoms with E-state index in [0.29, 0.717) is 0 Å². The second-order valence-corrected chi connectivity index (χ2v) is 1.54. The normalized spacial score (nSPS) is 6.56. The molecule has 0 aliphatic rings. The van der Waals surface area contributed by atoms with Gasteiger partial charge in [0, 0.05) is 34.1 Å². The summed E-state index contributed by atoms with van der Waals surface area (Å²) in [5.41, 5.74) is 0. The predicted molar refractivity (Wildman–Crippen MR) is 31.8 cm³/mol. The number of hydrogen-bond acceptors (Lipinski definition) is 1. The van der Waals surface area contributed by atoms with E-state index in [4.69, 9.17) is 19.2 Å². The first-order valence-electron chi connectivity index (χ1n) is 0.783. The third kappa shape index (κ3) is 151. The van der Waals surface area contributed by atoms with Gasteiger partial charge in [0.1, 0.15) is 0 Å². The van der Waals surface area contributed by atoms with Crippen LogP contribution in [0.2, 0.25) is 0 Å². The number of hydrogen-bond donors (Lipinski definition) is 3. The first-order chi connectivity index (χ1) is 2.00. The minimum Gasteiger partial charge on any atom is 0 e. The summed E-state index contributed by atoms with van der Waals surface area (Å²) in [7, 11) is -4.64. The van der Waals surface area contributed by atoms with Crippen molar-refractivity contribution in [2.75, 3.05) is 0 Å². The molecule has 0 aromatic carbocycles. The van der Waals surface area contributed by atoms with Crippen molar-refractivity contribution in [2.45, 2.75) is 0 Å². The van der Waals surface area contributed by atoms with Gasteiger partial charge in [0.25, 0.3) is 0 Å². The van der Waals surface area contributed by atoms with Crippen LogP contribution in [0.5, 0.6) is 0 Å². The van der Waals surface area contributed by atoms with E-state index in [9.17, 15) is 0 Å². The Morgan fingerprint density at radius 1 is 1.11 bits per heavy atom. The molecule has 0 aromatic heterocycles. The van der Waals surface area contributed by atoms with Gasteiger partial charge in [-0.1, -0.05) is 0 Å². The number of rotatable bonds is 0. The molecule has 9 heavy (non-hydrogen) atoms. The van der Waals surface area contributed by atoms with E-state index in [2.05, 4.69) is 0 Å². The minimum absolute atomic E-state index is 0. The van der Waals surface area contributed by atoms with Crippen LogP contribution in [0, 0.1) is 0 Å². The average molecular weight is 251 g/mol. The van der Waals surface area contributed by atoms with E-state index in [0.717, 1.165) is 0 Å². The van der Waals surface area contributed by atoms with Gasteiger partial charge >= 0.3 is 26.7 Å². The fraction of sp³-hybridized carbons (Fsp3) is 0. The summed E-state index contributed by atoms with van der Waals surface area (Å²) in [6, 6.07) is 0. The summed E-state index contributed by atoms with van der Waals surface area (Å²) in [6.45, 7) is 0. The second kappa shape index (κ2) is 12.7. The zero-order valence-corrected chi connectivity index (χ0v) is 7.61. The Morgan fingerprint density at radius 3 is 1.11 bits per heavy atom. The maximum atomic E-state index is 8.88. The van der Waals surface area contributed by atoms with E-state index < -0.39 is 7.82 Å². The van der Waals surface area contributed by atoms with Crippen molar-refractivity contribution in [2.24, 2.45) is 0 Å². The van der Waals surface area contributed by atoms with E-state index in [1.54, 1.807) is 0 Å². The topological polar surface area (TPSA) is 77.8 Å². The van der Waals surface area contributed by atoms with Crippen molar-refractivity contribution in [3.63, 3.8) is 0 Å². The Bertz CT molecular complexity index is 66.7. The van der Waals surface area contributed by atoms with Crippen LogP contribution in [-0.2, 0) is 38.7 Å². The molecule has 0 atom stereocenters. The molecule has 4 nitrogen and oxygen atoms in total. The minimum atomic E-state index is -4.64. The molecule has 0 aromatic rings. The van der Waals surface area contributed by atoms with Gasteiger partial charge in [-0.05, 0) is 0 Å². The van der Waals surface area contributed by atoms with Crippen LogP contribution in [0.4, 0.5) is 0 Å². The average Bonchev–Trinajstić information content (AvgIpc) is 0.722. The number of phosphoric acid groups is 1. The van der Waals surface area contributed by atoms with Crippen molar-refractivity contribution in [1.82, 2.24) is 0 Å². The van der Waals surface area contributed by atoms with E-state index in [-0.39, 0.29) is 66.5 Å². The molecule has 0 unspecified atom stereocenters. The molecule has 0 heterocycles. The SMILES string of the molecule is O=P(O)(O)O.S.[Fe].[LiH].[Mn]. The summed E-state index contributed by atoms with van der Waals surface area (Å²) < 4.78 is 8.88. The Kier molecular flexibility index (Phi) is 43.1. The predicted octanol–water partition coefficient (Wildman–Crippen LogP) is -1.47. The molecule has 1 radical (unpaired) electrons. The molecular weight excluding hydrogens is 245 g/mol. The largest absolute Gasteiger partial charge is 0 e. The molecule has 0 fully saturated rings. The molecule has 0 aliphatic carbocycles. The molecular formula is H6FeLiMnO4PS. The smallest absolute Gasteiger partial charge is 0 e. The van der Waals surface area contributed by atoms with Gasteiger partial charge < -0.3 is 14.7 Å². The van der Waals surface area contributed by atoms with Gasteiger partial charge in [0.15, 0.2) is 0 Å². The van der Waals surface area contributed by atoms with Gasteiger partial charge in [-0.25, -0.2) is 4.57 Å². The maximum Gasteiger partial charge on any atom is 0 e. The molecule has 0 amide bonds. The molecule has 0 aliphatic heterocycles. The standard InChI is InChI=1S/Fe.Li.Mn.H3O4P.H2S.H/c;;;1-5(2,3)4;;/h;;;(H3,1,2,3,4);1H2;. The molecule has 0 bridgehead atoms. The zero-order chi connectivity index (χ0) is 4.50. The van der Waals surface area contributed by atoms with Crippen molar-refractivity contribution >= 4 is 40.2 Å². The van der Waals surface area contributed by atoms with Crippen molar-refractivity contribution in [3.05, 3.63) is 0 Å². The van der Waals surface area contributed by atoms with Crippen LogP contribution >= 0.6 is 21.3 Å². The summed E-state index contributed by atoms with van der Waals surface area (Å²) in [5, 5.41) is 0. The van der Waals surface area contributed by atoms with E-state index in [1.807, 2.05) is 0 Å². The molecule has 0 rings (SSSR count). The quantitative estimate of drug-likeness (QED) is 0.363. The first-order valence-corrected chi connectivity index (χ1v) is 2.35. The Morgan fingerprint density at radius 2 is 1.11 bits per heavy atom. The van der Waals surface area contributed by atoms with Crippen LogP contribution in [0.15, 0.2) is 0 Å². The maximum absolute atomic E-state index is 8.88. The first kappa shape index (κ1) is 30.4. The molecule has 0 saturated heterocycles. The summed E-state index contributed by atoms with van der Waals surface area (Å²) in [6.07, 6.45) is 0. The van der Waals surface area contributed by atoms with Gasteiger partial charge in [0.2, 0.25) is 0 Å². The van der Waals surface area contributed by atoms with Crippen LogP contribution < -0.4 is 0 Å². The van der Waals surface area contributed by atoms with Gasteiger partial charge in [-0.15, -0.1) is 0 Å². The third-order valence-corrected chi connectivity index (χ3v) is 0. The Labute approximate surface area is 93.0 Å². The summed E-state index contributed by atoms with van der Waals surface area (Å²) in [4.78, 5) is 21.6. The molecule has 0 spiro atoms. The molecule has 57 valence electrons. The molecule has 9 heteroatoms. The monoisotopic (exact) mass is 251 g/mol. The van der Waals surface area contributed by atoms with Gasteiger partial charge in [-0.3, -0.25) is 0 Å². The van der Waals surface area contributed by atoms with Crippen LogP contribution in [-0.4, -0.2) is 33.5 Å². The zero-order valence-electron chi connectivity index (χ0n) is 3.43. The van der Waals surface area contributed by atoms with Crippen LogP contribution in [0.3, 0.4) is 0 Å². The van der Waals surface area contributed by atoms with Gasteiger partial charge in [0.05, 0.1) is 0 Å². The van der Waals surface area contributed by atoms with Gasteiger partial charge in [-0.2, -0.15) is 13.5 Å².